The Labute approximate surface area is 169 Å². The van der Waals surface area contributed by atoms with Crippen molar-refractivity contribution in [2.24, 2.45) is 0 Å². The van der Waals surface area contributed by atoms with Crippen molar-refractivity contribution in [3.05, 3.63) is 53.1 Å². The highest BCUT2D eigenvalue weighted by atomic mass is 16.5. The number of methoxy groups -OCH3 is 1. The quantitative estimate of drug-likeness (QED) is 0.661. The molecule has 1 aliphatic heterocycles. The van der Waals surface area contributed by atoms with E-state index in [1.54, 1.807) is 0 Å². The first-order valence-electron chi connectivity index (χ1n) is 9.99. The molecule has 0 amide bonds. The van der Waals surface area contributed by atoms with Gasteiger partial charge in [-0.25, -0.2) is 4.79 Å². The normalized spacial score (nSPS) is 15.4. The van der Waals surface area contributed by atoms with E-state index in [1.807, 2.05) is 24.3 Å². The Morgan fingerprint density at radius 3 is 2.39 bits per heavy atom. The Balaban J connectivity index is 2.03. The minimum absolute atomic E-state index is 0.185. The number of fused-ring (bicyclic) bond motifs is 1. The van der Waals surface area contributed by atoms with Crippen molar-refractivity contribution in [3.63, 3.8) is 0 Å². The predicted molar refractivity (Wildman–Crippen MR) is 117 cm³/mol. The molecular formula is C24H32N2O2. The molecule has 0 atom stereocenters. The summed E-state index contributed by atoms with van der Waals surface area (Å²) in [6.07, 6.45) is 1.17. The van der Waals surface area contributed by atoms with E-state index >= 15 is 0 Å². The first-order valence-corrected chi connectivity index (χ1v) is 9.99. The predicted octanol–water partition coefficient (Wildman–Crippen LogP) is 5.45. The van der Waals surface area contributed by atoms with Gasteiger partial charge >= 0.3 is 5.97 Å². The van der Waals surface area contributed by atoms with Gasteiger partial charge in [0.1, 0.15) is 0 Å². The van der Waals surface area contributed by atoms with E-state index in [0.717, 1.165) is 12.2 Å². The highest BCUT2D eigenvalue weighted by Gasteiger charge is 2.33. The molecule has 2 aromatic carbocycles. The van der Waals surface area contributed by atoms with Crippen molar-refractivity contribution in [1.29, 1.82) is 0 Å². The standard InChI is InChI=1S/C24H32N2O2/c1-16(2)26-13-12-24(4,5)20-14-17(3)21(15-22(20)26)25(6)19-10-8-18(9-11-19)23(27)28-7/h8-11,14-16H,12-13H2,1-7H3. The average Bonchev–Trinajstić information content (AvgIpc) is 2.66. The van der Waals surface area contributed by atoms with Crippen LogP contribution >= 0.6 is 0 Å². The van der Waals surface area contributed by atoms with E-state index in [4.69, 9.17) is 4.74 Å². The van der Waals surface area contributed by atoms with Crippen LogP contribution in [0.25, 0.3) is 0 Å². The summed E-state index contributed by atoms with van der Waals surface area (Å²) in [4.78, 5) is 16.4. The van der Waals surface area contributed by atoms with Gasteiger partial charge in [-0.15, -0.1) is 0 Å². The lowest BCUT2D eigenvalue weighted by Crippen LogP contribution is -2.41. The molecule has 0 aromatic heterocycles. The maximum Gasteiger partial charge on any atom is 0.337 e. The van der Waals surface area contributed by atoms with Crippen LogP contribution < -0.4 is 9.80 Å². The van der Waals surface area contributed by atoms with Gasteiger partial charge in [0.25, 0.3) is 0 Å². The molecule has 1 heterocycles. The van der Waals surface area contributed by atoms with Crippen LogP contribution in [0.5, 0.6) is 0 Å². The zero-order valence-electron chi connectivity index (χ0n) is 18.2. The molecule has 0 spiro atoms. The van der Waals surface area contributed by atoms with E-state index < -0.39 is 0 Å². The summed E-state index contributed by atoms with van der Waals surface area (Å²) in [7, 11) is 3.48. The van der Waals surface area contributed by atoms with Gasteiger partial charge in [0.2, 0.25) is 0 Å². The number of carbonyl (C=O) groups excluding carboxylic acids is 1. The third kappa shape index (κ3) is 3.60. The molecule has 4 nitrogen and oxygen atoms in total. The van der Waals surface area contributed by atoms with Crippen molar-refractivity contribution in [2.75, 3.05) is 30.5 Å². The van der Waals surface area contributed by atoms with Crippen LogP contribution in [0.1, 0.15) is 55.6 Å². The molecular weight excluding hydrogens is 348 g/mol. The van der Waals surface area contributed by atoms with Crippen molar-refractivity contribution < 1.29 is 9.53 Å². The number of anilines is 3. The number of hydrogen-bond donors (Lipinski definition) is 0. The van der Waals surface area contributed by atoms with Gasteiger partial charge in [0.05, 0.1) is 12.7 Å². The fourth-order valence-electron chi connectivity index (χ4n) is 4.10. The monoisotopic (exact) mass is 380 g/mol. The van der Waals surface area contributed by atoms with E-state index in [0.29, 0.717) is 11.6 Å². The van der Waals surface area contributed by atoms with E-state index in [9.17, 15) is 4.79 Å². The highest BCUT2D eigenvalue weighted by molar-refractivity contribution is 5.90. The average molecular weight is 381 g/mol. The lowest BCUT2D eigenvalue weighted by atomic mass is 9.76. The molecule has 0 saturated carbocycles. The second-order valence-electron chi connectivity index (χ2n) is 8.67. The Morgan fingerprint density at radius 1 is 1.18 bits per heavy atom. The van der Waals surface area contributed by atoms with Gasteiger partial charge in [-0.2, -0.15) is 0 Å². The Bertz CT molecular complexity index is 869. The maximum atomic E-state index is 11.7. The number of rotatable bonds is 4. The molecule has 0 bridgehead atoms. The number of aryl methyl sites for hydroxylation is 1. The maximum absolute atomic E-state index is 11.7. The molecule has 28 heavy (non-hydrogen) atoms. The first-order chi connectivity index (χ1) is 13.2. The van der Waals surface area contributed by atoms with Crippen molar-refractivity contribution >= 4 is 23.0 Å². The molecule has 0 radical (unpaired) electrons. The molecule has 1 aliphatic rings. The van der Waals surface area contributed by atoms with Crippen LogP contribution in [0.15, 0.2) is 36.4 Å². The van der Waals surface area contributed by atoms with Gasteiger partial charge in [-0.1, -0.05) is 19.9 Å². The van der Waals surface area contributed by atoms with Gasteiger partial charge in [-0.3, -0.25) is 0 Å². The number of benzene rings is 2. The van der Waals surface area contributed by atoms with Crippen LogP contribution in [-0.4, -0.2) is 32.7 Å². The lowest BCUT2D eigenvalue weighted by molar-refractivity contribution is 0.0601. The summed E-state index contributed by atoms with van der Waals surface area (Å²) >= 11 is 0. The minimum Gasteiger partial charge on any atom is -0.465 e. The molecule has 0 N–H and O–H groups in total. The number of esters is 1. The number of nitrogens with zero attached hydrogens (tertiary/aromatic N) is 2. The topological polar surface area (TPSA) is 32.8 Å². The van der Waals surface area contributed by atoms with Crippen LogP contribution in [0.4, 0.5) is 17.1 Å². The smallest absolute Gasteiger partial charge is 0.337 e. The number of ether oxygens (including phenoxy) is 1. The van der Waals surface area contributed by atoms with Crippen molar-refractivity contribution in [2.45, 2.75) is 52.5 Å². The number of hydrogen-bond acceptors (Lipinski definition) is 4. The second kappa shape index (κ2) is 7.50. The fraction of sp³-hybridized carbons (Fsp3) is 0.458. The first kappa shape index (κ1) is 20.2. The SMILES string of the molecule is COC(=O)c1ccc(N(C)c2cc3c(cc2C)C(C)(C)CCN3C(C)C)cc1. The van der Waals surface area contributed by atoms with Gasteiger partial charge < -0.3 is 14.5 Å². The summed E-state index contributed by atoms with van der Waals surface area (Å²) in [5.41, 5.74) is 7.01. The summed E-state index contributed by atoms with van der Waals surface area (Å²) in [6.45, 7) is 12.5. The van der Waals surface area contributed by atoms with Gasteiger partial charge in [-0.05, 0) is 74.1 Å². The summed E-state index contributed by atoms with van der Waals surface area (Å²) in [6, 6.07) is 12.7. The van der Waals surface area contributed by atoms with Crippen molar-refractivity contribution in [1.82, 2.24) is 0 Å². The van der Waals surface area contributed by atoms with E-state index in [2.05, 4.69) is 63.6 Å². The Hall–Kier alpha value is -2.49. The van der Waals surface area contributed by atoms with Gasteiger partial charge in [0.15, 0.2) is 0 Å². The van der Waals surface area contributed by atoms with Gasteiger partial charge in [0, 0.05) is 36.7 Å². The zero-order valence-corrected chi connectivity index (χ0v) is 18.2. The van der Waals surface area contributed by atoms with Crippen LogP contribution in [0.3, 0.4) is 0 Å². The van der Waals surface area contributed by atoms with E-state index in [1.165, 1.54) is 36.0 Å². The lowest BCUT2D eigenvalue weighted by Gasteiger charge is -2.43. The second-order valence-corrected chi connectivity index (χ2v) is 8.67. The Morgan fingerprint density at radius 2 is 1.82 bits per heavy atom. The fourth-order valence-corrected chi connectivity index (χ4v) is 4.10. The third-order valence-corrected chi connectivity index (χ3v) is 5.99. The Kier molecular flexibility index (Phi) is 5.42. The molecule has 150 valence electrons. The number of carbonyl (C=O) groups is 1. The zero-order chi connectivity index (χ0) is 20.6. The van der Waals surface area contributed by atoms with Crippen LogP contribution in [-0.2, 0) is 10.2 Å². The summed E-state index contributed by atoms with van der Waals surface area (Å²) in [5, 5.41) is 0. The minimum atomic E-state index is -0.311. The molecule has 0 aliphatic carbocycles. The highest BCUT2D eigenvalue weighted by Crippen LogP contribution is 2.44. The van der Waals surface area contributed by atoms with Crippen molar-refractivity contribution in [3.8, 4) is 0 Å². The van der Waals surface area contributed by atoms with Crippen LogP contribution in [0.2, 0.25) is 0 Å². The molecule has 0 fully saturated rings. The molecule has 3 rings (SSSR count). The van der Waals surface area contributed by atoms with Crippen LogP contribution in [0, 0.1) is 6.92 Å². The van der Waals surface area contributed by atoms with E-state index in [-0.39, 0.29) is 11.4 Å². The molecule has 2 aromatic rings. The summed E-state index contributed by atoms with van der Waals surface area (Å²) < 4.78 is 4.80. The molecule has 0 saturated heterocycles. The summed E-state index contributed by atoms with van der Waals surface area (Å²) in [5.74, 6) is -0.311. The third-order valence-electron chi connectivity index (χ3n) is 5.99. The molecule has 4 heteroatoms. The molecule has 0 unspecified atom stereocenters. The largest absolute Gasteiger partial charge is 0.465 e.